The molecule has 0 aliphatic carbocycles. The Morgan fingerprint density at radius 1 is 1.09 bits per heavy atom. The number of rotatable bonds is 9. The zero-order valence-electron chi connectivity index (χ0n) is 19.9. The number of pyridine rings is 1. The maximum absolute atomic E-state index is 13.8. The van der Waals surface area contributed by atoms with Crippen molar-refractivity contribution in [1.82, 2.24) is 14.5 Å². The Hall–Kier alpha value is -3.42. The van der Waals surface area contributed by atoms with Crippen LogP contribution in [0.4, 0.5) is 11.5 Å². The van der Waals surface area contributed by atoms with Crippen LogP contribution in [0.1, 0.15) is 67.6 Å². The minimum absolute atomic E-state index is 0.0179. The van der Waals surface area contributed by atoms with E-state index in [0.717, 1.165) is 42.1 Å². The second kappa shape index (κ2) is 10.5. The second-order valence-corrected chi connectivity index (χ2v) is 8.48. The third kappa shape index (κ3) is 5.16. The molecule has 3 rings (SSSR count). The summed E-state index contributed by atoms with van der Waals surface area (Å²) in [5, 5.41) is 0.854. The highest BCUT2D eigenvalue weighted by Gasteiger charge is 2.26. The summed E-state index contributed by atoms with van der Waals surface area (Å²) >= 11 is 0. The molecule has 0 unspecified atom stereocenters. The predicted octanol–water partition coefficient (Wildman–Crippen LogP) is 3.92. The quantitative estimate of drug-likeness (QED) is 0.479. The van der Waals surface area contributed by atoms with E-state index in [1.54, 1.807) is 6.92 Å². The molecule has 2 heterocycles. The van der Waals surface area contributed by atoms with Crippen molar-refractivity contribution in [2.75, 3.05) is 17.2 Å². The molecule has 0 saturated carbocycles. The number of benzene rings is 1. The third-order valence-electron chi connectivity index (χ3n) is 5.84. The van der Waals surface area contributed by atoms with Gasteiger partial charge in [-0.05, 0) is 44.9 Å². The van der Waals surface area contributed by atoms with Gasteiger partial charge in [-0.3, -0.25) is 24.1 Å². The molecule has 3 N–H and O–H groups in total. The largest absolute Gasteiger partial charge is 0.383 e. The second-order valence-electron chi connectivity index (χ2n) is 8.48. The molecule has 8 heteroatoms. The molecule has 3 aromatic rings. The minimum atomic E-state index is -0.655. The van der Waals surface area contributed by atoms with E-state index >= 15 is 0 Å². The summed E-state index contributed by atoms with van der Waals surface area (Å²) in [6.07, 6.45) is 4.15. The summed E-state index contributed by atoms with van der Waals surface area (Å²) in [4.78, 5) is 47.4. The van der Waals surface area contributed by atoms with E-state index in [2.05, 4.69) is 16.9 Å². The van der Waals surface area contributed by atoms with E-state index < -0.39 is 11.2 Å². The smallest absolute Gasteiger partial charge is 0.330 e. The van der Waals surface area contributed by atoms with E-state index in [-0.39, 0.29) is 17.4 Å². The number of nitrogens with zero attached hydrogens (tertiary/aromatic N) is 3. The van der Waals surface area contributed by atoms with Crippen LogP contribution >= 0.6 is 0 Å². The number of nitrogens with one attached hydrogen (secondary N) is 1. The highest BCUT2D eigenvalue weighted by molar-refractivity contribution is 6.09. The molecule has 0 radical (unpaired) electrons. The fraction of sp³-hybridized carbons (Fsp3) is 0.440. The van der Waals surface area contributed by atoms with Crippen LogP contribution in [0.25, 0.3) is 10.9 Å². The first-order valence-corrected chi connectivity index (χ1v) is 11.6. The standard InChI is InChI=1S/C25H33N5O3/c1-5-7-9-13-29(21-22(26)30(12-8-6-2)25(33)28-23(21)31)24(32)19-15-18-14-16(3)10-11-20(18)27-17(19)4/h10-11,14-15H,5-9,12-13,26H2,1-4H3,(H,28,31,33). The van der Waals surface area contributed by atoms with Crippen LogP contribution in [-0.4, -0.2) is 27.0 Å². The van der Waals surface area contributed by atoms with Crippen molar-refractivity contribution in [1.29, 1.82) is 0 Å². The molecule has 1 aromatic carbocycles. The zero-order chi connectivity index (χ0) is 24.1. The molecule has 176 valence electrons. The van der Waals surface area contributed by atoms with Crippen molar-refractivity contribution in [2.45, 2.75) is 66.3 Å². The van der Waals surface area contributed by atoms with Gasteiger partial charge < -0.3 is 10.6 Å². The van der Waals surface area contributed by atoms with E-state index in [4.69, 9.17) is 5.73 Å². The molecular formula is C25H33N5O3. The van der Waals surface area contributed by atoms with Gasteiger partial charge in [-0.1, -0.05) is 44.7 Å². The molecule has 0 spiro atoms. The number of carbonyl (C=O) groups is 1. The van der Waals surface area contributed by atoms with Crippen LogP contribution in [0.5, 0.6) is 0 Å². The van der Waals surface area contributed by atoms with Gasteiger partial charge in [-0.2, -0.15) is 0 Å². The molecule has 1 amide bonds. The number of amides is 1. The molecule has 0 atom stereocenters. The van der Waals surface area contributed by atoms with E-state index in [9.17, 15) is 14.4 Å². The maximum atomic E-state index is 13.8. The van der Waals surface area contributed by atoms with Crippen LogP contribution < -0.4 is 21.9 Å². The number of carbonyl (C=O) groups excluding carboxylic acids is 1. The number of aromatic nitrogens is 3. The van der Waals surface area contributed by atoms with Crippen molar-refractivity contribution in [3.05, 3.63) is 61.9 Å². The first-order valence-electron chi connectivity index (χ1n) is 11.6. The number of nitrogen functional groups attached to an aromatic ring is 1. The third-order valence-corrected chi connectivity index (χ3v) is 5.84. The molecule has 8 nitrogen and oxygen atoms in total. The van der Waals surface area contributed by atoms with E-state index in [1.165, 1.54) is 9.47 Å². The number of anilines is 2. The number of aromatic amines is 1. The molecular weight excluding hydrogens is 418 g/mol. The Bertz CT molecular complexity index is 1280. The van der Waals surface area contributed by atoms with E-state index in [0.29, 0.717) is 30.8 Å². The number of fused-ring (bicyclic) bond motifs is 1. The lowest BCUT2D eigenvalue weighted by Crippen LogP contribution is -2.42. The first kappa shape index (κ1) is 24.2. The van der Waals surface area contributed by atoms with Crippen molar-refractivity contribution < 1.29 is 4.79 Å². The topological polar surface area (TPSA) is 114 Å². The summed E-state index contributed by atoms with van der Waals surface area (Å²) in [5.74, 6) is -0.332. The fourth-order valence-corrected chi connectivity index (χ4v) is 3.97. The van der Waals surface area contributed by atoms with Crippen LogP contribution in [0.3, 0.4) is 0 Å². The molecule has 0 bridgehead atoms. The summed E-state index contributed by atoms with van der Waals surface area (Å²) in [6.45, 7) is 8.53. The van der Waals surface area contributed by atoms with Gasteiger partial charge in [0.05, 0.1) is 16.8 Å². The number of aryl methyl sites for hydroxylation is 2. The fourth-order valence-electron chi connectivity index (χ4n) is 3.97. The monoisotopic (exact) mass is 451 g/mol. The van der Waals surface area contributed by atoms with Gasteiger partial charge in [0.2, 0.25) is 0 Å². The summed E-state index contributed by atoms with van der Waals surface area (Å²) in [7, 11) is 0. The van der Waals surface area contributed by atoms with Gasteiger partial charge >= 0.3 is 5.69 Å². The van der Waals surface area contributed by atoms with Gasteiger partial charge in [0.15, 0.2) is 5.69 Å². The highest BCUT2D eigenvalue weighted by atomic mass is 16.2. The van der Waals surface area contributed by atoms with Crippen LogP contribution in [0, 0.1) is 13.8 Å². The molecule has 0 saturated heterocycles. The molecule has 0 aliphatic rings. The van der Waals surface area contributed by atoms with Gasteiger partial charge in [0.1, 0.15) is 5.82 Å². The zero-order valence-corrected chi connectivity index (χ0v) is 19.9. The van der Waals surface area contributed by atoms with Crippen LogP contribution in [0.15, 0.2) is 33.9 Å². The lowest BCUT2D eigenvalue weighted by Gasteiger charge is -2.25. The molecule has 2 aromatic heterocycles. The van der Waals surface area contributed by atoms with Gasteiger partial charge in [-0.15, -0.1) is 0 Å². The Labute approximate surface area is 193 Å². The summed E-state index contributed by atoms with van der Waals surface area (Å²) < 4.78 is 1.34. The van der Waals surface area contributed by atoms with Crippen molar-refractivity contribution in [3.8, 4) is 0 Å². The Morgan fingerprint density at radius 2 is 1.82 bits per heavy atom. The van der Waals surface area contributed by atoms with Crippen LogP contribution in [0.2, 0.25) is 0 Å². The van der Waals surface area contributed by atoms with Gasteiger partial charge in [0, 0.05) is 18.5 Å². The van der Waals surface area contributed by atoms with Gasteiger partial charge in [-0.25, -0.2) is 4.79 Å². The Balaban J connectivity index is 2.15. The normalized spacial score (nSPS) is 11.2. The average molecular weight is 452 g/mol. The Morgan fingerprint density at radius 3 is 2.52 bits per heavy atom. The summed E-state index contributed by atoms with van der Waals surface area (Å²) in [6, 6.07) is 7.70. The van der Waals surface area contributed by atoms with Gasteiger partial charge in [0.25, 0.3) is 11.5 Å². The average Bonchev–Trinajstić information content (AvgIpc) is 2.77. The van der Waals surface area contributed by atoms with Crippen molar-refractivity contribution >= 4 is 28.3 Å². The Kier molecular flexibility index (Phi) is 7.68. The predicted molar refractivity (Wildman–Crippen MR) is 133 cm³/mol. The number of H-pyrrole nitrogens is 1. The first-order chi connectivity index (χ1) is 15.8. The summed E-state index contributed by atoms with van der Waals surface area (Å²) in [5.41, 5.74) is 7.99. The molecule has 33 heavy (non-hydrogen) atoms. The number of hydrogen-bond donors (Lipinski definition) is 2. The minimum Gasteiger partial charge on any atom is -0.383 e. The maximum Gasteiger partial charge on any atom is 0.330 e. The number of hydrogen-bond acceptors (Lipinski definition) is 5. The highest BCUT2D eigenvalue weighted by Crippen LogP contribution is 2.24. The van der Waals surface area contributed by atoms with Crippen molar-refractivity contribution in [3.63, 3.8) is 0 Å². The number of unbranched alkanes of at least 4 members (excludes halogenated alkanes) is 3. The molecule has 0 aliphatic heterocycles. The van der Waals surface area contributed by atoms with Crippen LogP contribution in [-0.2, 0) is 6.54 Å². The van der Waals surface area contributed by atoms with E-state index in [1.807, 2.05) is 38.1 Å². The lowest BCUT2D eigenvalue weighted by atomic mass is 10.1. The SMILES string of the molecule is CCCCCN(C(=O)c1cc2cc(C)ccc2nc1C)c1c(N)n(CCCC)c(=O)[nH]c1=O. The number of nitrogens with two attached hydrogens (primary N) is 1. The van der Waals surface area contributed by atoms with Crippen molar-refractivity contribution in [2.24, 2.45) is 0 Å². The lowest BCUT2D eigenvalue weighted by molar-refractivity contribution is 0.0985. The molecule has 0 fully saturated rings.